The van der Waals surface area contributed by atoms with E-state index in [1.54, 1.807) is 0 Å². The van der Waals surface area contributed by atoms with Gasteiger partial charge in [0.1, 0.15) is 0 Å². The van der Waals surface area contributed by atoms with Gasteiger partial charge >= 0.3 is 0 Å². The lowest BCUT2D eigenvalue weighted by Crippen LogP contribution is -2.08. The molecule has 0 aliphatic heterocycles. The molecule has 0 N–H and O–H groups in total. The Morgan fingerprint density at radius 2 is 1.50 bits per heavy atom. The maximum absolute atomic E-state index is 2.34. The molecule has 0 heterocycles. The van der Waals surface area contributed by atoms with E-state index in [0.717, 1.165) is 11.8 Å². The normalized spacial score (nSPS) is 18.8. The summed E-state index contributed by atoms with van der Waals surface area (Å²) in [5.41, 5.74) is 0. The molecular weight excluding hydrogens is 144 g/mol. The Kier molecular flexibility index (Phi) is 7.64. The van der Waals surface area contributed by atoms with Gasteiger partial charge in [0.15, 0.2) is 0 Å². The van der Waals surface area contributed by atoms with E-state index in [-0.39, 0.29) is 0 Å². The van der Waals surface area contributed by atoms with Gasteiger partial charge in [0, 0.05) is 0 Å². The van der Waals surface area contributed by atoms with E-state index >= 15 is 0 Å². The maximum atomic E-state index is 2.34. The molecule has 0 aromatic heterocycles. The predicted octanol–water partition coefficient (Wildman–Crippen LogP) is 4.64. The molecule has 1 aliphatic carbocycles. The van der Waals surface area contributed by atoms with Crippen molar-refractivity contribution in [1.29, 1.82) is 0 Å². The minimum atomic E-state index is 0.920. The van der Waals surface area contributed by atoms with E-state index in [2.05, 4.69) is 13.8 Å². The summed E-state index contributed by atoms with van der Waals surface area (Å²) in [6.07, 6.45) is 8.99. The van der Waals surface area contributed by atoms with Crippen LogP contribution in [0.3, 0.4) is 0 Å². The summed E-state index contributed by atoms with van der Waals surface area (Å²) in [4.78, 5) is 0. The monoisotopic (exact) mass is 170 g/mol. The lowest BCUT2D eigenvalue weighted by Gasteiger charge is -2.22. The van der Waals surface area contributed by atoms with Gasteiger partial charge in [-0.1, -0.05) is 59.8 Å². The van der Waals surface area contributed by atoms with Crippen LogP contribution in [0.4, 0.5) is 0 Å². The van der Waals surface area contributed by atoms with Gasteiger partial charge in [0.05, 0.1) is 0 Å². The van der Waals surface area contributed by atoms with E-state index in [9.17, 15) is 0 Å². The van der Waals surface area contributed by atoms with Crippen LogP contribution < -0.4 is 0 Å². The van der Waals surface area contributed by atoms with Gasteiger partial charge < -0.3 is 0 Å². The van der Waals surface area contributed by atoms with Crippen molar-refractivity contribution in [2.75, 3.05) is 0 Å². The fourth-order valence-corrected chi connectivity index (χ4v) is 2.09. The van der Waals surface area contributed by atoms with Gasteiger partial charge in [-0.15, -0.1) is 0 Å². The SMILES string of the molecule is CC.CC(C)CC1CCCCC1. The summed E-state index contributed by atoms with van der Waals surface area (Å²) < 4.78 is 0. The zero-order chi connectivity index (χ0) is 9.40. The van der Waals surface area contributed by atoms with Crippen LogP contribution in [0.5, 0.6) is 0 Å². The summed E-state index contributed by atoms with van der Waals surface area (Å²) in [7, 11) is 0. The van der Waals surface area contributed by atoms with Crippen LogP contribution in [0.2, 0.25) is 0 Å². The van der Waals surface area contributed by atoms with Gasteiger partial charge in [-0.3, -0.25) is 0 Å². The first-order valence-corrected chi connectivity index (χ1v) is 5.79. The molecule has 12 heavy (non-hydrogen) atoms. The third kappa shape index (κ3) is 5.62. The van der Waals surface area contributed by atoms with Crippen molar-refractivity contribution < 1.29 is 0 Å². The van der Waals surface area contributed by atoms with Crippen molar-refractivity contribution in [2.24, 2.45) is 11.8 Å². The van der Waals surface area contributed by atoms with Crippen LogP contribution in [0.15, 0.2) is 0 Å². The standard InChI is InChI=1S/C10H20.C2H6/c1-9(2)8-10-6-4-3-5-7-10;1-2/h9-10H,3-8H2,1-2H3;1-2H3. The third-order valence-electron chi connectivity index (χ3n) is 2.53. The van der Waals surface area contributed by atoms with Crippen LogP contribution in [-0.4, -0.2) is 0 Å². The van der Waals surface area contributed by atoms with Crippen LogP contribution in [0.25, 0.3) is 0 Å². The molecule has 0 spiro atoms. The molecule has 0 bridgehead atoms. The second kappa shape index (κ2) is 7.64. The summed E-state index contributed by atoms with van der Waals surface area (Å²) in [5.74, 6) is 2.00. The zero-order valence-electron chi connectivity index (χ0n) is 9.40. The molecular formula is C12H26. The second-order valence-electron chi connectivity index (χ2n) is 4.13. The van der Waals surface area contributed by atoms with Crippen molar-refractivity contribution in [3.8, 4) is 0 Å². The first-order valence-electron chi connectivity index (χ1n) is 5.79. The molecule has 0 aromatic carbocycles. The lowest BCUT2D eigenvalue weighted by molar-refractivity contribution is 0.305. The molecule has 0 saturated heterocycles. The highest BCUT2D eigenvalue weighted by Gasteiger charge is 2.13. The number of rotatable bonds is 2. The molecule has 0 nitrogen and oxygen atoms in total. The van der Waals surface area contributed by atoms with Crippen LogP contribution in [-0.2, 0) is 0 Å². The van der Waals surface area contributed by atoms with Crippen molar-refractivity contribution in [1.82, 2.24) is 0 Å². The maximum Gasteiger partial charge on any atom is -0.0412 e. The van der Waals surface area contributed by atoms with Gasteiger partial charge in [-0.05, 0) is 18.3 Å². The van der Waals surface area contributed by atoms with E-state index in [0.29, 0.717) is 0 Å². The van der Waals surface area contributed by atoms with Crippen molar-refractivity contribution in [2.45, 2.75) is 66.2 Å². The minimum absolute atomic E-state index is 0.920. The summed E-state index contributed by atoms with van der Waals surface area (Å²) in [6, 6.07) is 0. The molecule has 1 rings (SSSR count). The molecule has 1 saturated carbocycles. The van der Waals surface area contributed by atoms with Gasteiger partial charge in [0.2, 0.25) is 0 Å². The van der Waals surface area contributed by atoms with Gasteiger partial charge in [0.25, 0.3) is 0 Å². The molecule has 0 radical (unpaired) electrons. The molecule has 0 atom stereocenters. The Morgan fingerprint density at radius 1 is 1.00 bits per heavy atom. The second-order valence-corrected chi connectivity index (χ2v) is 4.13. The smallest absolute Gasteiger partial charge is 0.0412 e. The Balaban J connectivity index is 0.000000561. The topological polar surface area (TPSA) is 0 Å². The summed E-state index contributed by atoms with van der Waals surface area (Å²) >= 11 is 0. The largest absolute Gasteiger partial charge is 0.0683 e. The third-order valence-corrected chi connectivity index (χ3v) is 2.53. The average molecular weight is 170 g/mol. The fourth-order valence-electron chi connectivity index (χ4n) is 2.09. The summed E-state index contributed by atoms with van der Waals surface area (Å²) in [5, 5.41) is 0. The quantitative estimate of drug-likeness (QED) is 0.566. The Morgan fingerprint density at radius 3 is 1.92 bits per heavy atom. The highest BCUT2D eigenvalue weighted by Crippen LogP contribution is 2.28. The predicted molar refractivity (Wildman–Crippen MR) is 57.4 cm³/mol. The lowest BCUT2D eigenvalue weighted by atomic mass is 9.84. The van der Waals surface area contributed by atoms with Gasteiger partial charge in [-0.2, -0.15) is 0 Å². The van der Waals surface area contributed by atoms with E-state index in [1.165, 1.54) is 38.5 Å². The fraction of sp³-hybridized carbons (Fsp3) is 1.00. The van der Waals surface area contributed by atoms with Crippen molar-refractivity contribution in [3.63, 3.8) is 0 Å². The molecule has 1 fully saturated rings. The van der Waals surface area contributed by atoms with Crippen LogP contribution in [0, 0.1) is 11.8 Å². The molecule has 74 valence electrons. The number of hydrogen-bond acceptors (Lipinski definition) is 0. The highest BCUT2D eigenvalue weighted by atomic mass is 14.2. The minimum Gasteiger partial charge on any atom is -0.0683 e. The Labute approximate surface area is 78.8 Å². The molecule has 0 heteroatoms. The highest BCUT2D eigenvalue weighted by molar-refractivity contribution is 4.66. The Bertz CT molecular complexity index is 78.0. The molecule has 0 aromatic rings. The first-order chi connectivity index (χ1) is 5.79. The van der Waals surface area contributed by atoms with E-state index < -0.39 is 0 Å². The van der Waals surface area contributed by atoms with Gasteiger partial charge in [-0.25, -0.2) is 0 Å². The average Bonchev–Trinajstić information content (AvgIpc) is 2.08. The van der Waals surface area contributed by atoms with E-state index in [4.69, 9.17) is 0 Å². The first kappa shape index (κ1) is 12.0. The molecule has 1 aliphatic rings. The Hall–Kier alpha value is 0. The van der Waals surface area contributed by atoms with Crippen LogP contribution >= 0.6 is 0 Å². The molecule has 0 amide bonds. The number of hydrogen-bond donors (Lipinski definition) is 0. The van der Waals surface area contributed by atoms with Crippen LogP contribution in [0.1, 0.15) is 66.2 Å². The van der Waals surface area contributed by atoms with Crippen molar-refractivity contribution in [3.05, 3.63) is 0 Å². The molecule has 0 unspecified atom stereocenters. The summed E-state index contributed by atoms with van der Waals surface area (Å²) in [6.45, 7) is 8.68. The zero-order valence-corrected chi connectivity index (χ0v) is 9.40. The van der Waals surface area contributed by atoms with Crippen molar-refractivity contribution >= 4 is 0 Å². The van der Waals surface area contributed by atoms with E-state index in [1.807, 2.05) is 13.8 Å².